The number of anilines is 2. The molecule has 2 aromatic rings. The van der Waals surface area contributed by atoms with Crippen LogP contribution in [0.3, 0.4) is 0 Å². The SMILES string of the molecule is CCCCc1ccc(N2C[C@@H](C(=O)OCC(=O)Nc3ccc(Cl)c(Cl)c3)CC2=O)cc1. The number of carbonyl (C=O) groups excluding carboxylic acids is 3. The van der Waals surface area contributed by atoms with Gasteiger partial charge >= 0.3 is 5.97 Å². The van der Waals surface area contributed by atoms with Crippen molar-refractivity contribution in [2.75, 3.05) is 23.4 Å². The topological polar surface area (TPSA) is 75.7 Å². The van der Waals surface area contributed by atoms with E-state index in [1.54, 1.807) is 17.0 Å². The van der Waals surface area contributed by atoms with E-state index in [1.165, 1.54) is 11.6 Å². The van der Waals surface area contributed by atoms with E-state index in [1.807, 2.05) is 24.3 Å². The van der Waals surface area contributed by atoms with E-state index >= 15 is 0 Å². The van der Waals surface area contributed by atoms with Crippen molar-refractivity contribution in [1.82, 2.24) is 0 Å². The number of unbranched alkanes of at least 4 members (excludes halogenated alkanes) is 1. The summed E-state index contributed by atoms with van der Waals surface area (Å²) >= 11 is 11.8. The minimum absolute atomic E-state index is 0.0603. The van der Waals surface area contributed by atoms with Gasteiger partial charge in [0.15, 0.2) is 6.61 Å². The Bertz CT molecular complexity index is 963. The number of ether oxygens (including phenoxy) is 1. The van der Waals surface area contributed by atoms with Crippen LogP contribution in [0.5, 0.6) is 0 Å². The Hall–Kier alpha value is -2.57. The molecule has 0 aromatic heterocycles. The average Bonchev–Trinajstić information content (AvgIpc) is 3.15. The van der Waals surface area contributed by atoms with Gasteiger partial charge in [-0.2, -0.15) is 0 Å². The highest BCUT2D eigenvalue weighted by atomic mass is 35.5. The smallest absolute Gasteiger partial charge is 0.311 e. The minimum atomic E-state index is -0.606. The molecule has 3 rings (SSSR count). The molecule has 2 amide bonds. The van der Waals surface area contributed by atoms with Crippen LogP contribution >= 0.6 is 23.2 Å². The largest absolute Gasteiger partial charge is 0.455 e. The van der Waals surface area contributed by atoms with E-state index < -0.39 is 24.4 Å². The number of nitrogens with one attached hydrogen (secondary N) is 1. The monoisotopic (exact) mass is 462 g/mol. The molecule has 1 aliphatic heterocycles. The van der Waals surface area contributed by atoms with Crippen LogP contribution in [0.15, 0.2) is 42.5 Å². The zero-order valence-corrected chi connectivity index (χ0v) is 18.7. The van der Waals surface area contributed by atoms with Gasteiger partial charge in [-0.15, -0.1) is 0 Å². The number of halogens is 2. The molecule has 8 heteroatoms. The van der Waals surface area contributed by atoms with Crippen LogP contribution in [0.1, 0.15) is 31.7 Å². The van der Waals surface area contributed by atoms with Crippen molar-refractivity contribution < 1.29 is 19.1 Å². The molecule has 0 radical (unpaired) electrons. The third-order valence-corrected chi connectivity index (χ3v) is 5.81. The summed E-state index contributed by atoms with van der Waals surface area (Å²) in [5.74, 6) is -1.82. The molecule has 164 valence electrons. The summed E-state index contributed by atoms with van der Waals surface area (Å²) in [6, 6.07) is 12.5. The van der Waals surface area contributed by atoms with Gasteiger partial charge in [0.05, 0.1) is 16.0 Å². The number of hydrogen-bond donors (Lipinski definition) is 1. The van der Waals surface area contributed by atoms with E-state index in [-0.39, 0.29) is 18.9 Å². The van der Waals surface area contributed by atoms with Crippen molar-refractivity contribution >= 4 is 52.4 Å². The Kier molecular flexibility index (Phi) is 7.93. The molecule has 1 N–H and O–H groups in total. The lowest BCUT2D eigenvalue weighted by atomic mass is 10.1. The maximum absolute atomic E-state index is 12.4. The van der Waals surface area contributed by atoms with Crippen molar-refractivity contribution in [3.05, 3.63) is 58.1 Å². The first kappa shape index (κ1) is 23.1. The van der Waals surface area contributed by atoms with E-state index in [4.69, 9.17) is 27.9 Å². The van der Waals surface area contributed by atoms with Crippen molar-refractivity contribution in [2.24, 2.45) is 5.92 Å². The first-order valence-corrected chi connectivity index (χ1v) is 10.9. The highest BCUT2D eigenvalue weighted by molar-refractivity contribution is 6.42. The Morgan fingerprint density at radius 2 is 1.87 bits per heavy atom. The van der Waals surface area contributed by atoms with Crippen LogP contribution in [0.25, 0.3) is 0 Å². The zero-order valence-electron chi connectivity index (χ0n) is 17.2. The molecule has 0 bridgehead atoms. The Morgan fingerprint density at radius 3 is 2.55 bits per heavy atom. The number of amides is 2. The molecule has 0 saturated carbocycles. The Balaban J connectivity index is 1.50. The number of aryl methyl sites for hydroxylation is 1. The first-order chi connectivity index (χ1) is 14.9. The van der Waals surface area contributed by atoms with Gasteiger partial charge in [-0.3, -0.25) is 14.4 Å². The molecule has 1 heterocycles. The van der Waals surface area contributed by atoms with Gasteiger partial charge in [0.25, 0.3) is 5.91 Å². The molecule has 0 unspecified atom stereocenters. The average molecular weight is 463 g/mol. The predicted molar refractivity (Wildman–Crippen MR) is 122 cm³/mol. The van der Waals surface area contributed by atoms with Crippen LogP contribution in [0.2, 0.25) is 10.0 Å². The van der Waals surface area contributed by atoms with Crippen LogP contribution < -0.4 is 10.2 Å². The Labute approximate surface area is 191 Å². The number of benzene rings is 2. The number of esters is 1. The quantitative estimate of drug-likeness (QED) is 0.567. The highest BCUT2D eigenvalue weighted by Gasteiger charge is 2.36. The fraction of sp³-hybridized carbons (Fsp3) is 0.348. The second kappa shape index (κ2) is 10.6. The summed E-state index contributed by atoms with van der Waals surface area (Å²) in [4.78, 5) is 38.4. The lowest BCUT2D eigenvalue weighted by Crippen LogP contribution is -2.28. The summed E-state index contributed by atoms with van der Waals surface area (Å²) in [5, 5.41) is 3.26. The summed E-state index contributed by atoms with van der Waals surface area (Å²) in [5.41, 5.74) is 2.43. The van der Waals surface area contributed by atoms with E-state index in [9.17, 15) is 14.4 Å². The summed E-state index contributed by atoms with van der Waals surface area (Å²) in [7, 11) is 0. The molecule has 6 nitrogen and oxygen atoms in total. The molecule has 0 aliphatic carbocycles. The molecule has 1 atom stereocenters. The maximum Gasteiger partial charge on any atom is 0.311 e. The van der Waals surface area contributed by atoms with Crippen LogP contribution in [-0.4, -0.2) is 30.9 Å². The first-order valence-electron chi connectivity index (χ1n) is 10.2. The van der Waals surface area contributed by atoms with Gasteiger partial charge in [0.1, 0.15) is 0 Å². The standard InChI is InChI=1S/C23H24Cl2N2O4/c1-2-3-4-15-5-8-18(9-6-15)27-13-16(11-22(27)29)23(30)31-14-21(28)26-17-7-10-19(24)20(25)12-17/h5-10,12,16H,2-4,11,13-14H2,1H3,(H,26,28)/t16-/m0/s1. The molecular formula is C23H24Cl2N2O4. The highest BCUT2D eigenvalue weighted by Crippen LogP contribution is 2.27. The van der Waals surface area contributed by atoms with Crippen molar-refractivity contribution in [2.45, 2.75) is 32.6 Å². The lowest BCUT2D eigenvalue weighted by molar-refractivity contribution is -0.151. The van der Waals surface area contributed by atoms with Gasteiger partial charge in [-0.1, -0.05) is 48.7 Å². The summed E-state index contributed by atoms with van der Waals surface area (Å²) in [6.45, 7) is 1.93. The van der Waals surface area contributed by atoms with Gasteiger partial charge in [-0.25, -0.2) is 0 Å². The van der Waals surface area contributed by atoms with E-state index in [0.29, 0.717) is 15.7 Å². The van der Waals surface area contributed by atoms with Crippen LogP contribution in [0.4, 0.5) is 11.4 Å². The second-order valence-corrected chi connectivity index (χ2v) is 8.27. The number of nitrogens with zero attached hydrogens (tertiary/aromatic N) is 1. The second-order valence-electron chi connectivity index (χ2n) is 7.46. The molecule has 31 heavy (non-hydrogen) atoms. The number of rotatable bonds is 8. The van der Waals surface area contributed by atoms with Gasteiger partial charge < -0.3 is 15.0 Å². The Morgan fingerprint density at radius 1 is 1.13 bits per heavy atom. The fourth-order valence-electron chi connectivity index (χ4n) is 3.36. The molecule has 0 spiro atoms. The van der Waals surface area contributed by atoms with Crippen LogP contribution in [-0.2, 0) is 25.5 Å². The fourth-order valence-corrected chi connectivity index (χ4v) is 3.66. The molecule has 1 saturated heterocycles. The van der Waals surface area contributed by atoms with Crippen molar-refractivity contribution in [1.29, 1.82) is 0 Å². The normalized spacial score (nSPS) is 15.8. The van der Waals surface area contributed by atoms with E-state index in [0.717, 1.165) is 24.9 Å². The molecule has 1 fully saturated rings. The number of carbonyl (C=O) groups is 3. The molecule has 2 aromatic carbocycles. The molecular weight excluding hydrogens is 439 g/mol. The van der Waals surface area contributed by atoms with Crippen LogP contribution in [0, 0.1) is 5.92 Å². The third kappa shape index (κ3) is 6.21. The van der Waals surface area contributed by atoms with Crippen molar-refractivity contribution in [3.8, 4) is 0 Å². The van der Waals surface area contributed by atoms with Crippen molar-refractivity contribution in [3.63, 3.8) is 0 Å². The third-order valence-electron chi connectivity index (χ3n) is 5.07. The number of hydrogen-bond acceptors (Lipinski definition) is 4. The summed E-state index contributed by atoms with van der Waals surface area (Å²) in [6.07, 6.45) is 3.31. The lowest BCUT2D eigenvalue weighted by Gasteiger charge is -2.17. The zero-order chi connectivity index (χ0) is 22.4. The predicted octanol–water partition coefficient (Wildman–Crippen LogP) is 4.87. The minimum Gasteiger partial charge on any atom is -0.455 e. The summed E-state index contributed by atoms with van der Waals surface area (Å²) < 4.78 is 5.12. The van der Waals surface area contributed by atoms with Gasteiger partial charge in [0, 0.05) is 24.3 Å². The van der Waals surface area contributed by atoms with Gasteiger partial charge in [-0.05, 0) is 48.7 Å². The van der Waals surface area contributed by atoms with E-state index in [2.05, 4.69) is 12.2 Å². The van der Waals surface area contributed by atoms with Gasteiger partial charge in [0.2, 0.25) is 5.91 Å². The maximum atomic E-state index is 12.4. The molecule has 1 aliphatic rings.